The molecular formula is C19H28N4O. The number of hydrogen-bond donors (Lipinski definition) is 2. The number of hydrogen-bond acceptors (Lipinski definition) is 2. The number of aromatic nitrogens is 2. The molecule has 2 amide bonds. The summed E-state index contributed by atoms with van der Waals surface area (Å²) in [6.07, 6.45) is 7.81. The highest BCUT2D eigenvalue weighted by Gasteiger charge is 2.15. The molecule has 0 aliphatic heterocycles. The molecule has 1 aliphatic rings. The number of nitrogens with one attached hydrogen (secondary N) is 2. The molecule has 130 valence electrons. The molecule has 1 aromatic carbocycles. The predicted octanol–water partition coefficient (Wildman–Crippen LogP) is 3.62. The number of benzene rings is 1. The molecule has 0 spiro atoms. The zero-order valence-corrected chi connectivity index (χ0v) is 14.6. The van der Waals surface area contributed by atoms with Crippen LogP contribution >= 0.6 is 0 Å². The first kappa shape index (κ1) is 16.8. The number of rotatable bonds is 6. The molecule has 0 saturated heterocycles. The Bertz CT molecular complexity index is 673. The van der Waals surface area contributed by atoms with Crippen molar-refractivity contribution < 1.29 is 4.79 Å². The smallest absolute Gasteiger partial charge is 0.315 e. The number of fused-ring (bicyclic) bond motifs is 1. The van der Waals surface area contributed by atoms with Crippen LogP contribution in [-0.4, -0.2) is 28.2 Å². The molecule has 0 unspecified atom stereocenters. The van der Waals surface area contributed by atoms with Crippen molar-refractivity contribution in [1.82, 2.24) is 20.2 Å². The number of aryl methyl sites for hydroxylation is 1. The van der Waals surface area contributed by atoms with Crippen molar-refractivity contribution in [2.24, 2.45) is 0 Å². The molecule has 1 fully saturated rings. The van der Waals surface area contributed by atoms with Crippen LogP contribution in [0.2, 0.25) is 0 Å². The van der Waals surface area contributed by atoms with E-state index in [2.05, 4.69) is 34.3 Å². The molecule has 24 heavy (non-hydrogen) atoms. The fourth-order valence-electron chi connectivity index (χ4n) is 3.56. The molecule has 1 heterocycles. The van der Waals surface area contributed by atoms with Crippen LogP contribution in [0.3, 0.4) is 0 Å². The van der Waals surface area contributed by atoms with Gasteiger partial charge >= 0.3 is 6.03 Å². The lowest BCUT2D eigenvalue weighted by molar-refractivity contribution is 0.232. The molecule has 1 aromatic heterocycles. The van der Waals surface area contributed by atoms with Crippen molar-refractivity contribution in [3.8, 4) is 0 Å². The lowest BCUT2D eigenvalue weighted by atomic mass is 9.96. The normalized spacial score (nSPS) is 15.5. The van der Waals surface area contributed by atoms with Gasteiger partial charge in [0.25, 0.3) is 0 Å². The van der Waals surface area contributed by atoms with E-state index in [0.717, 1.165) is 43.6 Å². The summed E-state index contributed by atoms with van der Waals surface area (Å²) in [6.45, 7) is 3.75. The number of nitrogens with zero attached hydrogens (tertiary/aromatic N) is 2. The Morgan fingerprint density at radius 2 is 2.04 bits per heavy atom. The van der Waals surface area contributed by atoms with E-state index >= 15 is 0 Å². The number of para-hydroxylation sites is 2. The summed E-state index contributed by atoms with van der Waals surface area (Å²) in [7, 11) is 0. The Morgan fingerprint density at radius 3 is 2.83 bits per heavy atom. The summed E-state index contributed by atoms with van der Waals surface area (Å²) < 4.78 is 2.27. The third-order valence-corrected chi connectivity index (χ3v) is 4.76. The molecule has 2 N–H and O–H groups in total. The van der Waals surface area contributed by atoms with E-state index in [4.69, 9.17) is 4.98 Å². The molecule has 5 heteroatoms. The van der Waals surface area contributed by atoms with Crippen molar-refractivity contribution in [3.63, 3.8) is 0 Å². The molecule has 2 aromatic rings. The highest BCUT2D eigenvalue weighted by molar-refractivity contribution is 5.76. The maximum absolute atomic E-state index is 12.0. The standard InChI is InChI=1S/C19H28N4O/c1-2-14-23-17-11-7-6-10-16(17)22-18(23)12-13-20-19(24)21-15-8-4-3-5-9-15/h6-7,10-11,15H,2-5,8-9,12-14H2,1H3,(H2,20,21,24). The quantitative estimate of drug-likeness (QED) is 0.851. The van der Waals surface area contributed by atoms with E-state index in [1.54, 1.807) is 0 Å². The summed E-state index contributed by atoms with van der Waals surface area (Å²) in [4.78, 5) is 16.8. The van der Waals surface area contributed by atoms with Crippen LogP contribution in [0.15, 0.2) is 24.3 Å². The van der Waals surface area contributed by atoms with Gasteiger partial charge in [-0.25, -0.2) is 9.78 Å². The molecule has 0 radical (unpaired) electrons. The SMILES string of the molecule is CCCn1c(CCNC(=O)NC2CCCCC2)nc2ccccc21. The van der Waals surface area contributed by atoms with E-state index in [9.17, 15) is 4.79 Å². The number of imidazole rings is 1. The number of urea groups is 1. The first-order chi connectivity index (χ1) is 11.8. The van der Waals surface area contributed by atoms with Crippen LogP contribution in [0, 0.1) is 0 Å². The van der Waals surface area contributed by atoms with E-state index < -0.39 is 0 Å². The third-order valence-electron chi connectivity index (χ3n) is 4.76. The summed E-state index contributed by atoms with van der Waals surface area (Å²) in [5.41, 5.74) is 2.22. The van der Waals surface area contributed by atoms with Gasteiger partial charge in [-0.2, -0.15) is 0 Å². The minimum atomic E-state index is -0.0416. The van der Waals surface area contributed by atoms with Crippen molar-refractivity contribution in [2.45, 2.75) is 64.5 Å². The van der Waals surface area contributed by atoms with Crippen molar-refractivity contribution in [1.29, 1.82) is 0 Å². The van der Waals surface area contributed by atoms with Gasteiger partial charge in [0, 0.05) is 25.6 Å². The number of amides is 2. The van der Waals surface area contributed by atoms with Gasteiger partial charge < -0.3 is 15.2 Å². The van der Waals surface area contributed by atoms with Crippen LogP contribution in [0.4, 0.5) is 4.79 Å². The van der Waals surface area contributed by atoms with Gasteiger partial charge in [-0.3, -0.25) is 0 Å². The topological polar surface area (TPSA) is 59.0 Å². The van der Waals surface area contributed by atoms with Crippen LogP contribution in [0.1, 0.15) is 51.3 Å². The molecule has 1 saturated carbocycles. The fraction of sp³-hybridized carbons (Fsp3) is 0.579. The fourth-order valence-corrected chi connectivity index (χ4v) is 3.56. The monoisotopic (exact) mass is 328 g/mol. The zero-order chi connectivity index (χ0) is 16.8. The average molecular weight is 328 g/mol. The third kappa shape index (κ3) is 4.08. The number of carbonyl (C=O) groups is 1. The van der Waals surface area contributed by atoms with Crippen LogP contribution in [0.5, 0.6) is 0 Å². The average Bonchev–Trinajstić information content (AvgIpc) is 2.94. The minimum absolute atomic E-state index is 0.0416. The first-order valence-electron chi connectivity index (χ1n) is 9.26. The summed E-state index contributed by atoms with van der Waals surface area (Å²) in [6, 6.07) is 8.54. The Kier molecular flexibility index (Phi) is 5.72. The van der Waals surface area contributed by atoms with Gasteiger partial charge in [-0.15, -0.1) is 0 Å². The van der Waals surface area contributed by atoms with E-state index in [0.29, 0.717) is 12.6 Å². The number of carbonyl (C=O) groups excluding carboxylic acids is 1. The first-order valence-corrected chi connectivity index (χ1v) is 9.26. The second-order valence-corrected chi connectivity index (χ2v) is 6.65. The van der Waals surface area contributed by atoms with Crippen LogP contribution in [-0.2, 0) is 13.0 Å². The maximum atomic E-state index is 12.0. The van der Waals surface area contributed by atoms with E-state index in [1.165, 1.54) is 24.8 Å². The Balaban J connectivity index is 1.55. The van der Waals surface area contributed by atoms with Gasteiger partial charge in [-0.1, -0.05) is 38.3 Å². The lowest BCUT2D eigenvalue weighted by Crippen LogP contribution is -2.43. The zero-order valence-electron chi connectivity index (χ0n) is 14.6. The Labute approximate surface area is 143 Å². The largest absolute Gasteiger partial charge is 0.338 e. The van der Waals surface area contributed by atoms with Crippen molar-refractivity contribution >= 4 is 17.1 Å². The Morgan fingerprint density at radius 1 is 1.25 bits per heavy atom. The molecule has 3 rings (SSSR count). The van der Waals surface area contributed by atoms with Gasteiger partial charge in [0.05, 0.1) is 11.0 Å². The summed E-state index contributed by atoms with van der Waals surface area (Å²) in [5, 5.41) is 6.08. The molecule has 5 nitrogen and oxygen atoms in total. The second kappa shape index (κ2) is 8.18. The van der Waals surface area contributed by atoms with Crippen molar-refractivity contribution in [2.75, 3.05) is 6.54 Å². The summed E-state index contributed by atoms with van der Waals surface area (Å²) in [5.74, 6) is 1.05. The molecular weight excluding hydrogens is 300 g/mol. The van der Waals surface area contributed by atoms with Crippen LogP contribution in [0.25, 0.3) is 11.0 Å². The minimum Gasteiger partial charge on any atom is -0.338 e. The van der Waals surface area contributed by atoms with E-state index in [1.807, 2.05) is 12.1 Å². The van der Waals surface area contributed by atoms with Gasteiger partial charge in [0.15, 0.2) is 0 Å². The molecule has 1 aliphatic carbocycles. The predicted molar refractivity (Wildman–Crippen MR) is 97.1 cm³/mol. The van der Waals surface area contributed by atoms with Crippen LogP contribution < -0.4 is 10.6 Å². The molecule has 0 bridgehead atoms. The highest BCUT2D eigenvalue weighted by atomic mass is 16.2. The molecule has 0 atom stereocenters. The van der Waals surface area contributed by atoms with Gasteiger partial charge in [0.2, 0.25) is 0 Å². The van der Waals surface area contributed by atoms with Crippen molar-refractivity contribution in [3.05, 3.63) is 30.1 Å². The van der Waals surface area contributed by atoms with Gasteiger partial charge in [-0.05, 0) is 31.4 Å². The second-order valence-electron chi connectivity index (χ2n) is 6.65. The maximum Gasteiger partial charge on any atom is 0.315 e. The van der Waals surface area contributed by atoms with Gasteiger partial charge in [0.1, 0.15) is 5.82 Å². The lowest BCUT2D eigenvalue weighted by Gasteiger charge is -2.22. The highest BCUT2D eigenvalue weighted by Crippen LogP contribution is 2.18. The summed E-state index contributed by atoms with van der Waals surface area (Å²) >= 11 is 0. The Hall–Kier alpha value is -2.04. The van der Waals surface area contributed by atoms with E-state index in [-0.39, 0.29) is 6.03 Å².